The number of carbonyl (C=O) groups is 2. The van der Waals surface area contributed by atoms with Crippen molar-refractivity contribution in [2.24, 2.45) is 0 Å². The average Bonchev–Trinajstić information content (AvgIpc) is 2.74. The molecule has 0 atom stereocenters. The van der Waals surface area contributed by atoms with Crippen molar-refractivity contribution in [1.29, 1.82) is 0 Å². The van der Waals surface area contributed by atoms with E-state index in [0.717, 1.165) is 22.4 Å². The molecule has 0 heterocycles. The van der Waals surface area contributed by atoms with Crippen LogP contribution in [0.3, 0.4) is 0 Å². The number of rotatable bonds is 10. The van der Waals surface area contributed by atoms with Gasteiger partial charge in [0.2, 0.25) is 11.8 Å². The van der Waals surface area contributed by atoms with Crippen LogP contribution in [0.1, 0.15) is 16.7 Å². The second kappa shape index (κ2) is 11.2. The molecule has 2 rings (SSSR count). The number of methoxy groups -OCH3 is 3. The van der Waals surface area contributed by atoms with E-state index < -0.39 is 0 Å². The van der Waals surface area contributed by atoms with Crippen LogP contribution in [0.15, 0.2) is 30.3 Å². The minimum absolute atomic E-state index is 0.0792. The van der Waals surface area contributed by atoms with Crippen LogP contribution in [0.4, 0.5) is 5.69 Å². The first-order chi connectivity index (χ1) is 14.8. The average molecular weight is 430 g/mol. The molecule has 0 aliphatic heterocycles. The zero-order valence-electron chi connectivity index (χ0n) is 19.0. The van der Waals surface area contributed by atoms with Gasteiger partial charge in [-0.25, -0.2) is 0 Å². The summed E-state index contributed by atoms with van der Waals surface area (Å²) in [5, 5.41) is 5.74. The molecule has 0 fully saturated rings. The smallest absolute Gasteiger partial charge is 0.238 e. The Hall–Kier alpha value is -3.26. The van der Waals surface area contributed by atoms with Gasteiger partial charge < -0.3 is 24.8 Å². The Morgan fingerprint density at radius 1 is 0.903 bits per heavy atom. The summed E-state index contributed by atoms with van der Waals surface area (Å²) in [5.74, 6) is 1.29. The van der Waals surface area contributed by atoms with Crippen LogP contribution in [-0.4, -0.2) is 58.2 Å². The first-order valence-electron chi connectivity index (χ1n) is 9.89. The van der Waals surface area contributed by atoms with E-state index in [1.165, 1.54) is 0 Å². The molecule has 0 aliphatic carbocycles. The number of likely N-dealkylation sites (N-methyl/N-ethyl adjacent to an activating group) is 1. The highest BCUT2D eigenvalue weighted by Gasteiger charge is 2.15. The number of nitrogens with one attached hydrogen (secondary N) is 2. The second-order valence-electron chi connectivity index (χ2n) is 7.26. The molecule has 0 saturated heterocycles. The van der Waals surface area contributed by atoms with Gasteiger partial charge in [-0.05, 0) is 44.2 Å². The summed E-state index contributed by atoms with van der Waals surface area (Å²) in [4.78, 5) is 26.4. The van der Waals surface area contributed by atoms with Crippen LogP contribution >= 0.6 is 0 Å². The zero-order valence-corrected chi connectivity index (χ0v) is 19.0. The highest BCUT2D eigenvalue weighted by Crippen LogP contribution is 2.34. The van der Waals surface area contributed by atoms with Gasteiger partial charge >= 0.3 is 0 Å². The summed E-state index contributed by atoms with van der Waals surface area (Å²) < 4.78 is 16.0. The summed E-state index contributed by atoms with van der Waals surface area (Å²) in [7, 11) is 6.37. The normalized spacial score (nSPS) is 10.5. The summed E-state index contributed by atoms with van der Waals surface area (Å²) in [6.07, 6.45) is 0. The molecule has 0 saturated carbocycles. The number of hydrogen-bond donors (Lipinski definition) is 2. The predicted molar refractivity (Wildman–Crippen MR) is 120 cm³/mol. The maximum Gasteiger partial charge on any atom is 0.238 e. The van der Waals surface area contributed by atoms with Crippen molar-refractivity contribution in [3.63, 3.8) is 0 Å². The fraction of sp³-hybridized carbons (Fsp3) is 0.391. The minimum atomic E-state index is -0.209. The van der Waals surface area contributed by atoms with Gasteiger partial charge in [0.15, 0.2) is 11.5 Å². The lowest BCUT2D eigenvalue weighted by Crippen LogP contribution is -2.38. The molecule has 0 bridgehead atoms. The van der Waals surface area contributed by atoms with Crippen LogP contribution in [0.5, 0.6) is 17.2 Å². The molecule has 2 aromatic carbocycles. The van der Waals surface area contributed by atoms with Gasteiger partial charge in [-0.15, -0.1) is 0 Å². The van der Waals surface area contributed by atoms with E-state index in [2.05, 4.69) is 10.6 Å². The third kappa shape index (κ3) is 6.62. The van der Waals surface area contributed by atoms with Crippen molar-refractivity contribution in [3.8, 4) is 17.2 Å². The first-order valence-corrected chi connectivity index (χ1v) is 9.89. The standard InChI is InChI=1S/C23H31N3O5/c1-15-8-7-9-18(16(15)2)25-23(28)14-26(3)13-22(27)24-12-17-10-20(30-5)21(31-6)11-19(17)29-4/h7-11H,12-14H2,1-6H3,(H,24,27)(H,25,28). The van der Waals surface area contributed by atoms with Crippen LogP contribution in [0.2, 0.25) is 0 Å². The Labute approximate surface area is 183 Å². The van der Waals surface area contributed by atoms with E-state index >= 15 is 0 Å². The molecule has 8 nitrogen and oxygen atoms in total. The lowest BCUT2D eigenvalue weighted by molar-refractivity contribution is -0.123. The molecular formula is C23H31N3O5. The first kappa shape index (κ1) is 24.0. The SMILES string of the molecule is COc1cc(OC)c(OC)cc1CNC(=O)CN(C)CC(=O)Nc1cccc(C)c1C. The molecular weight excluding hydrogens is 398 g/mol. The number of ether oxygens (including phenoxy) is 3. The van der Waals surface area contributed by atoms with Gasteiger partial charge in [0, 0.05) is 23.9 Å². The molecule has 0 unspecified atom stereocenters. The molecule has 31 heavy (non-hydrogen) atoms. The number of carbonyl (C=O) groups excluding carboxylic acids is 2. The van der Waals surface area contributed by atoms with Crippen molar-refractivity contribution < 1.29 is 23.8 Å². The third-order valence-electron chi connectivity index (χ3n) is 4.97. The van der Waals surface area contributed by atoms with Gasteiger partial charge in [0.1, 0.15) is 5.75 Å². The molecule has 8 heteroatoms. The Bertz CT molecular complexity index is 930. The maximum absolute atomic E-state index is 12.4. The summed E-state index contributed by atoms with van der Waals surface area (Å²) >= 11 is 0. The molecule has 0 aliphatic rings. The molecule has 0 aromatic heterocycles. The number of anilines is 1. The Balaban J connectivity index is 1.89. The lowest BCUT2D eigenvalue weighted by atomic mass is 10.1. The van der Waals surface area contributed by atoms with Crippen molar-refractivity contribution in [2.45, 2.75) is 20.4 Å². The molecule has 0 spiro atoms. The van der Waals surface area contributed by atoms with Gasteiger partial charge in [-0.2, -0.15) is 0 Å². The third-order valence-corrected chi connectivity index (χ3v) is 4.97. The molecule has 168 valence electrons. The van der Waals surface area contributed by atoms with Crippen molar-refractivity contribution >= 4 is 17.5 Å². The summed E-state index contributed by atoms with van der Waals surface area (Å²) in [5.41, 5.74) is 3.67. The van der Waals surface area contributed by atoms with E-state index in [0.29, 0.717) is 17.2 Å². The van der Waals surface area contributed by atoms with Gasteiger partial charge in [0.05, 0.1) is 34.4 Å². The number of benzene rings is 2. The van der Waals surface area contributed by atoms with Crippen LogP contribution in [-0.2, 0) is 16.1 Å². The van der Waals surface area contributed by atoms with E-state index in [1.807, 2.05) is 32.0 Å². The molecule has 2 aromatic rings. The summed E-state index contributed by atoms with van der Waals surface area (Å²) in [6.45, 7) is 4.39. The number of amides is 2. The number of hydrogen-bond acceptors (Lipinski definition) is 6. The maximum atomic E-state index is 12.4. The molecule has 0 radical (unpaired) electrons. The Kier molecular flexibility index (Phi) is 8.69. The van der Waals surface area contributed by atoms with E-state index in [-0.39, 0.29) is 31.4 Å². The van der Waals surface area contributed by atoms with E-state index in [4.69, 9.17) is 14.2 Å². The molecule has 2 N–H and O–H groups in total. The van der Waals surface area contributed by atoms with Crippen molar-refractivity contribution in [3.05, 3.63) is 47.0 Å². The number of nitrogens with zero attached hydrogens (tertiary/aromatic N) is 1. The largest absolute Gasteiger partial charge is 0.496 e. The fourth-order valence-electron chi connectivity index (χ4n) is 3.10. The highest BCUT2D eigenvalue weighted by atomic mass is 16.5. The quantitative estimate of drug-likeness (QED) is 0.603. The topological polar surface area (TPSA) is 89.1 Å². The predicted octanol–water partition coefficient (Wildman–Crippen LogP) is 2.52. The van der Waals surface area contributed by atoms with E-state index in [9.17, 15) is 9.59 Å². The van der Waals surface area contributed by atoms with Crippen LogP contribution in [0.25, 0.3) is 0 Å². The Morgan fingerprint density at radius 3 is 2.16 bits per heavy atom. The summed E-state index contributed by atoms with van der Waals surface area (Å²) in [6, 6.07) is 9.24. The zero-order chi connectivity index (χ0) is 23.0. The second-order valence-corrected chi connectivity index (χ2v) is 7.26. The van der Waals surface area contributed by atoms with Gasteiger partial charge in [-0.1, -0.05) is 12.1 Å². The fourth-order valence-corrected chi connectivity index (χ4v) is 3.10. The monoisotopic (exact) mass is 429 g/mol. The molecule has 2 amide bonds. The van der Waals surface area contributed by atoms with Crippen LogP contribution < -0.4 is 24.8 Å². The highest BCUT2D eigenvalue weighted by molar-refractivity contribution is 5.93. The van der Waals surface area contributed by atoms with Gasteiger partial charge in [0.25, 0.3) is 0 Å². The lowest BCUT2D eigenvalue weighted by Gasteiger charge is -2.18. The Morgan fingerprint density at radius 2 is 1.52 bits per heavy atom. The van der Waals surface area contributed by atoms with Crippen LogP contribution in [0, 0.1) is 13.8 Å². The van der Waals surface area contributed by atoms with Gasteiger partial charge in [-0.3, -0.25) is 14.5 Å². The van der Waals surface area contributed by atoms with Crippen molar-refractivity contribution in [1.82, 2.24) is 10.2 Å². The van der Waals surface area contributed by atoms with Crippen molar-refractivity contribution in [2.75, 3.05) is 46.8 Å². The number of aryl methyl sites for hydroxylation is 1. The minimum Gasteiger partial charge on any atom is -0.496 e. The van der Waals surface area contributed by atoms with E-state index in [1.54, 1.807) is 45.4 Å².